The number of nitrogens with zero attached hydrogens (tertiary/aromatic N) is 2. The number of carbonyl (C=O) groups is 1. The second-order valence-electron chi connectivity index (χ2n) is 9.92. The van der Waals surface area contributed by atoms with Gasteiger partial charge < -0.3 is 9.88 Å². The molecule has 1 unspecified atom stereocenters. The van der Waals surface area contributed by atoms with Gasteiger partial charge in [0.2, 0.25) is 5.91 Å². The molecule has 1 fully saturated rings. The molecule has 30 heavy (non-hydrogen) atoms. The van der Waals surface area contributed by atoms with Crippen LogP contribution in [0.25, 0.3) is 16.5 Å². The van der Waals surface area contributed by atoms with Crippen molar-refractivity contribution in [2.75, 3.05) is 13.1 Å². The molecule has 4 heteroatoms. The average molecular weight is 404 g/mol. The van der Waals surface area contributed by atoms with Crippen LogP contribution in [0.2, 0.25) is 0 Å². The maximum atomic E-state index is 13.5. The predicted molar refractivity (Wildman–Crippen MR) is 124 cm³/mol. The van der Waals surface area contributed by atoms with Gasteiger partial charge in [-0.2, -0.15) is 0 Å². The minimum atomic E-state index is -0.126. The number of carbonyl (C=O) groups excluding carboxylic acids is 1. The number of H-pyrrole nitrogens is 1. The molecule has 158 valence electrons. The minimum absolute atomic E-state index is 0.101. The average Bonchev–Trinajstić information content (AvgIpc) is 3.01. The first-order valence-electron chi connectivity index (χ1n) is 11.3. The van der Waals surface area contributed by atoms with Crippen molar-refractivity contribution in [2.24, 2.45) is 5.92 Å². The molecule has 3 aliphatic rings. The number of benzene rings is 1. The number of hydrogen-bond donors (Lipinski definition) is 1. The molecule has 3 heterocycles. The van der Waals surface area contributed by atoms with Crippen molar-refractivity contribution in [3.63, 3.8) is 0 Å². The summed E-state index contributed by atoms with van der Waals surface area (Å²) in [4.78, 5) is 21.7. The molecule has 2 aliphatic heterocycles. The summed E-state index contributed by atoms with van der Waals surface area (Å²) in [6.07, 6.45) is 6.35. The molecule has 0 saturated carbocycles. The predicted octanol–water partition coefficient (Wildman–Crippen LogP) is 4.61. The van der Waals surface area contributed by atoms with Crippen molar-refractivity contribution < 1.29 is 4.79 Å². The van der Waals surface area contributed by atoms with Crippen LogP contribution in [0.5, 0.6) is 0 Å². The molecule has 0 spiro atoms. The summed E-state index contributed by atoms with van der Waals surface area (Å²) in [5.41, 5.74) is 7.69. The number of likely N-dealkylation sites (tertiary alicyclic amines) is 1. The van der Waals surface area contributed by atoms with E-state index in [1.807, 2.05) is 6.08 Å². The third-order valence-electron chi connectivity index (χ3n) is 7.91. The topological polar surface area (TPSA) is 39.3 Å². The Hall–Kier alpha value is -2.33. The minimum Gasteiger partial charge on any atom is -0.358 e. The lowest BCUT2D eigenvalue weighted by Crippen LogP contribution is -2.61. The van der Waals surface area contributed by atoms with Crippen LogP contribution in [0.3, 0.4) is 0 Å². The van der Waals surface area contributed by atoms with Crippen LogP contribution >= 0.6 is 0 Å². The normalized spacial score (nSPS) is 30.6. The van der Waals surface area contributed by atoms with E-state index in [1.54, 1.807) is 0 Å². The highest BCUT2D eigenvalue weighted by atomic mass is 16.2. The van der Waals surface area contributed by atoms with Crippen LogP contribution in [0.1, 0.15) is 49.6 Å². The Labute approximate surface area is 179 Å². The summed E-state index contributed by atoms with van der Waals surface area (Å²) in [6, 6.07) is 5.19. The molecule has 0 radical (unpaired) electrons. The highest BCUT2D eigenvalue weighted by Crippen LogP contribution is 2.49. The molecule has 1 amide bonds. The van der Waals surface area contributed by atoms with Crippen molar-refractivity contribution in [2.45, 2.75) is 65.1 Å². The maximum Gasteiger partial charge on any atom is 0.231 e. The molecule has 1 N–H and O–H groups in total. The summed E-state index contributed by atoms with van der Waals surface area (Å²) in [7, 11) is 0. The summed E-state index contributed by atoms with van der Waals surface area (Å²) >= 11 is 0. The Balaban J connectivity index is 1.68. The van der Waals surface area contributed by atoms with Crippen LogP contribution in [-0.4, -0.2) is 51.4 Å². The van der Waals surface area contributed by atoms with Crippen molar-refractivity contribution in [3.8, 4) is 0 Å². The van der Waals surface area contributed by atoms with E-state index in [4.69, 9.17) is 0 Å². The number of amides is 1. The monoisotopic (exact) mass is 403 g/mol. The first-order chi connectivity index (χ1) is 14.3. The fraction of sp³-hybridized carbons (Fsp3) is 0.500. The third kappa shape index (κ3) is 2.52. The van der Waals surface area contributed by atoms with Gasteiger partial charge in [-0.1, -0.05) is 24.3 Å². The second kappa shape index (κ2) is 6.58. The Morgan fingerprint density at radius 1 is 1.30 bits per heavy atom. The first kappa shape index (κ1) is 19.6. The van der Waals surface area contributed by atoms with E-state index in [1.165, 1.54) is 38.9 Å². The largest absolute Gasteiger partial charge is 0.358 e. The first-order valence-corrected chi connectivity index (χ1v) is 11.3. The number of hydrogen-bond acceptors (Lipinski definition) is 2. The lowest BCUT2D eigenvalue weighted by Gasteiger charge is -2.52. The van der Waals surface area contributed by atoms with Gasteiger partial charge in [0.15, 0.2) is 0 Å². The van der Waals surface area contributed by atoms with Crippen LogP contribution in [-0.2, 0) is 11.2 Å². The van der Waals surface area contributed by atoms with Crippen LogP contribution in [0.15, 0.2) is 30.9 Å². The Morgan fingerprint density at radius 3 is 2.70 bits per heavy atom. The number of aromatic amines is 1. The van der Waals surface area contributed by atoms with Gasteiger partial charge in [0.1, 0.15) is 0 Å². The summed E-state index contributed by atoms with van der Waals surface area (Å²) in [5.74, 6) is 0.181. The number of aromatic nitrogens is 1. The smallest absolute Gasteiger partial charge is 0.231 e. The molecule has 1 aromatic heterocycles. The summed E-state index contributed by atoms with van der Waals surface area (Å²) in [5, 5.41) is 1.36. The van der Waals surface area contributed by atoms with Crippen LogP contribution in [0.4, 0.5) is 0 Å². The van der Waals surface area contributed by atoms with Crippen LogP contribution in [0, 0.1) is 19.8 Å². The maximum absolute atomic E-state index is 13.5. The third-order valence-corrected chi connectivity index (χ3v) is 7.91. The molecular weight excluding hydrogens is 370 g/mol. The fourth-order valence-corrected chi connectivity index (χ4v) is 6.28. The Morgan fingerprint density at radius 2 is 2.03 bits per heavy atom. The Bertz CT molecular complexity index is 1090. The van der Waals surface area contributed by atoms with Gasteiger partial charge in [-0.3, -0.25) is 9.69 Å². The van der Waals surface area contributed by atoms with E-state index in [0.717, 1.165) is 25.9 Å². The number of nitrogens with one attached hydrogen (secondary N) is 1. The van der Waals surface area contributed by atoms with Crippen molar-refractivity contribution >= 4 is 22.4 Å². The van der Waals surface area contributed by atoms with Crippen molar-refractivity contribution in [1.82, 2.24) is 14.8 Å². The molecular formula is C26H33N3O. The molecule has 0 bridgehead atoms. The van der Waals surface area contributed by atoms with Gasteiger partial charge in [-0.15, -0.1) is 6.58 Å². The standard InChI is InChI=1S/C26H33N3O/c1-7-10-28-14-19(25(30)29-16(3)11-17(29)4)12-22-20-9-8-15(2)24-23(20)21(18(5)27-24)13-26(22,28)6/h7-9,12,16-17,19,27H,1,10-11,13-14H2,2-6H3/t16-,17-,19+,26?/m0/s1. The quantitative estimate of drug-likeness (QED) is 0.760. The van der Waals surface area contributed by atoms with E-state index >= 15 is 0 Å². The fourth-order valence-electron chi connectivity index (χ4n) is 6.28. The summed E-state index contributed by atoms with van der Waals surface area (Å²) < 4.78 is 0. The van der Waals surface area contributed by atoms with Gasteiger partial charge in [-0.25, -0.2) is 0 Å². The lowest BCUT2D eigenvalue weighted by atomic mass is 9.70. The van der Waals surface area contributed by atoms with Gasteiger partial charge in [0.25, 0.3) is 0 Å². The van der Waals surface area contributed by atoms with E-state index in [2.05, 4.69) is 74.2 Å². The van der Waals surface area contributed by atoms with E-state index in [9.17, 15) is 4.79 Å². The van der Waals surface area contributed by atoms with Gasteiger partial charge >= 0.3 is 0 Å². The molecule has 4 nitrogen and oxygen atoms in total. The van der Waals surface area contributed by atoms with E-state index in [-0.39, 0.29) is 17.4 Å². The highest BCUT2D eigenvalue weighted by molar-refractivity contribution is 6.02. The van der Waals surface area contributed by atoms with Gasteiger partial charge in [-0.05, 0) is 69.7 Å². The number of fused-ring (bicyclic) bond motifs is 2. The molecule has 2 aromatic rings. The van der Waals surface area contributed by atoms with Crippen molar-refractivity contribution in [1.29, 1.82) is 0 Å². The summed E-state index contributed by atoms with van der Waals surface area (Å²) in [6.45, 7) is 16.6. The van der Waals surface area contributed by atoms with Gasteiger partial charge in [0, 0.05) is 47.3 Å². The zero-order valence-corrected chi connectivity index (χ0v) is 18.9. The molecule has 1 aromatic carbocycles. The number of aryl methyl sites for hydroxylation is 2. The molecule has 1 aliphatic carbocycles. The second-order valence-corrected chi connectivity index (χ2v) is 9.92. The SMILES string of the molecule is C=CCN1C[C@H](C(=O)N2[C@@H](C)C[C@@H]2C)C=C2c3ccc(C)c4[nH]c(C)c(c34)CC21C. The van der Waals surface area contributed by atoms with E-state index in [0.29, 0.717) is 12.1 Å². The zero-order valence-electron chi connectivity index (χ0n) is 18.9. The van der Waals surface area contributed by atoms with Gasteiger partial charge in [0.05, 0.1) is 5.92 Å². The van der Waals surface area contributed by atoms with Crippen molar-refractivity contribution in [3.05, 3.63) is 53.2 Å². The van der Waals surface area contributed by atoms with E-state index < -0.39 is 0 Å². The lowest BCUT2D eigenvalue weighted by molar-refractivity contribution is -0.147. The Kier molecular flexibility index (Phi) is 4.31. The molecule has 5 rings (SSSR count). The molecule has 1 saturated heterocycles. The molecule has 4 atom stereocenters. The highest BCUT2D eigenvalue weighted by Gasteiger charge is 2.47. The number of rotatable bonds is 3. The van der Waals surface area contributed by atoms with Crippen LogP contribution < -0.4 is 0 Å². The zero-order chi connectivity index (χ0) is 21.4.